The summed E-state index contributed by atoms with van der Waals surface area (Å²) in [6, 6.07) is 49.6. The van der Waals surface area contributed by atoms with Gasteiger partial charge in [-0.05, 0) is 128 Å². The third-order valence-corrected chi connectivity index (χ3v) is 13.2. The minimum absolute atomic E-state index is 0.0146. The smallest absolute Gasteiger partial charge is 0.281 e. The van der Waals surface area contributed by atoms with Crippen LogP contribution in [0.3, 0.4) is 0 Å². The molecule has 316 valence electrons. The van der Waals surface area contributed by atoms with Crippen molar-refractivity contribution in [3.63, 3.8) is 0 Å². The van der Waals surface area contributed by atoms with Crippen molar-refractivity contribution in [1.82, 2.24) is 0 Å². The van der Waals surface area contributed by atoms with E-state index in [1.54, 1.807) is 0 Å². The third kappa shape index (κ3) is 14.2. The van der Waals surface area contributed by atoms with E-state index >= 15 is 0 Å². The van der Waals surface area contributed by atoms with E-state index in [4.69, 9.17) is 9.11 Å². The first kappa shape index (κ1) is 51.5. The van der Waals surface area contributed by atoms with Gasteiger partial charge in [-0.1, -0.05) is 120 Å². The Morgan fingerprint density at radius 3 is 0.845 bits per heavy atom. The predicted octanol–water partition coefficient (Wildman–Crippen LogP) is 12.5. The molecule has 0 radical (unpaired) electrons. The Morgan fingerprint density at radius 1 is 0.431 bits per heavy atom. The minimum Gasteiger partial charge on any atom is -0.281 e. The SMILES string of the molecule is CC(C)(C)c1ccc(I)cc1.CC(C)(C)c1ccc(I)cc1.O=S(=O)(O)C(F)(F)C(F)(F)C(F)(F)S(=O)(=O)O.c1ccc([S+](c2ccccc2)c2ccccc2)cc1. The maximum Gasteiger partial charge on any atom is 0.439 e. The van der Waals surface area contributed by atoms with Crippen molar-refractivity contribution in [2.75, 3.05) is 0 Å². The molecule has 0 heterocycles. The Hall–Kier alpha value is -2.69. The van der Waals surface area contributed by atoms with E-state index in [1.807, 2.05) is 0 Å². The maximum atomic E-state index is 12.4. The van der Waals surface area contributed by atoms with Crippen molar-refractivity contribution in [1.29, 1.82) is 0 Å². The highest BCUT2D eigenvalue weighted by atomic mass is 127. The van der Waals surface area contributed by atoms with Gasteiger partial charge in [-0.15, -0.1) is 0 Å². The summed E-state index contributed by atoms with van der Waals surface area (Å²) in [6.45, 7) is 13.4. The fourth-order valence-electron chi connectivity index (χ4n) is 4.47. The lowest BCUT2D eigenvalue weighted by Gasteiger charge is -2.28. The van der Waals surface area contributed by atoms with Crippen LogP contribution in [0.5, 0.6) is 0 Å². The van der Waals surface area contributed by atoms with Crippen molar-refractivity contribution in [3.05, 3.63) is 158 Å². The van der Waals surface area contributed by atoms with Crippen LogP contribution in [0.15, 0.2) is 154 Å². The van der Waals surface area contributed by atoms with E-state index in [-0.39, 0.29) is 21.7 Å². The van der Waals surface area contributed by atoms with Crippen LogP contribution in [0.1, 0.15) is 52.7 Å². The van der Waals surface area contributed by atoms with Gasteiger partial charge in [0, 0.05) is 7.14 Å². The van der Waals surface area contributed by atoms with E-state index < -0.39 is 36.7 Å². The number of rotatable bonds is 7. The molecule has 0 fully saturated rings. The largest absolute Gasteiger partial charge is 0.439 e. The lowest BCUT2D eigenvalue weighted by Crippen LogP contribution is -2.60. The molecule has 0 spiro atoms. The highest BCUT2D eigenvalue weighted by Crippen LogP contribution is 2.50. The molecule has 6 nitrogen and oxygen atoms in total. The van der Waals surface area contributed by atoms with Gasteiger partial charge in [0.15, 0.2) is 14.7 Å². The second-order valence-corrected chi connectivity index (χ2v) is 21.8. The van der Waals surface area contributed by atoms with Gasteiger partial charge >= 0.3 is 36.7 Å². The molecular weight excluding hydrogens is 1050 g/mol. The Balaban J connectivity index is 0.000000275. The summed E-state index contributed by atoms with van der Waals surface area (Å²) in [5.41, 5.74) is 3.37. The quantitative estimate of drug-likeness (QED) is 0.0727. The lowest BCUT2D eigenvalue weighted by atomic mass is 9.87. The number of benzene rings is 5. The molecule has 5 rings (SSSR count). The average molecular weight is 1100 g/mol. The summed E-state index contributed by atoms with van der Waals surface area (Å²) in [6.07, 6.45) is 0. The molecule has 58 heavy (non-hydrogen) atoms. The van der Waals surface area contributed by atoms with Crippen LogP contribution in [-0.4, -0.2) is 42.4 Å². The van der Waals surface area contributed by atoms with E-state index in [9.17, 15) is 43.2 Å². The first-order valence-corrected chi connectivity index (χ1v) is 23.2. The average Bonchev–Trinajstić information content (AvgIpc) is 3.12. The molecule has 2 N–H and O–H groups in total. The molecule has 0 atom stereocenters. The van der Waals surface area contributed by atoms with Crippen molar-refractivity contribution in [2.24, 2.45) is 0 Å². The van der Waals surface area contributed by atoms with Gasteiger partial charge in [-0.25, -0.2) is 0 Å². The van der Waals surface area contributed by atoms with E-state index in [0.29, 0.717) is 0 Å². The molecule has 0 bridgehead atoms. The fraction of sp³-hybridized carbons (Fsp3) is 0.268. The van der Waals surface area contributed by atoms with Crippen molar-refractivity contribution >= 4 is 76.3 Å². The molecule has 0 aliphatic carbocycles. The van der Waals surface area contributed by atoms with Crippen LogP contribution in [0.2, 0.25) is 0 Å². The minimum atomic E-state index is -7.08. The Bertz CT molecular complexity index is 2040. The summed E-state index contributed by atoms with van der Waals surface area (Å²) in [4.78, 5) is 4.08. The molecule has 0 aliphatic heterocycles. The van der Waals surface area contributed by atoms with Crippen LogP contribution in [0.4, 0.5) is 26.3 Å². The van der Waals surface area contributed by atoms with E-state index in [1.165, 1.54) is 33.0 Å². The standard InChI is InChI=1S/C18H15S.2C10H13I.C3H2F6O6S2/c1-4-10-16(11-5-1)19(17-12-6-2-7-13-17)18-14-8-3-9-15-18;2*1-10(2,3)8-4-6-9(11)7-5-8;4-1(5,2(6,7)16(10,11)12)3(8,9)17(13,14)15/h1-15H;2*4-7H,1-3H3;(H,10,11,12)(H,13,14,15)/q+1;;;. The highest BCUT2D eigenvalue weighted by Gasteiger charge is 2.82. The maximum absolute atomic E-state index is 12.4. The summed E-state index contributed by atoms with van der Waals surface area (Å²) >= 11 is 4.65. The zero-order chi connectivity index (χ0) is 44.4. The fourth-order valence-corrected chi connectivity index (χ4v) is 8.26. The van der Waals surface area contributed by atoms with Crippen LogP contribution < -0.4 is 0 Å². The van der Waals surface area contributed by atoms with E-state index in [2.05, 4.69) is 226 Å². The molecule has 0 amide bonds. The molecule has 0 saturated carbocycles. The molecular formula is C41H43F6I2O6S3+. The Morgan fingerprint density at radius 2 is 0.655 bits per heavy atom. The topological polar surface area (TPSA) is 109 Å². The molecule has 0 aromatic heterocycles. The molecule has 0 unspecified atom stereocenters. The zero-order valence-electron chi connectivity index (χ0n) is 32.1. The number of alkyl halides is 6. The molecule has 0 saturated heterocycles. The summed E-state index contributed by atoms with van der Waals surface area (Å²) < 4.78 is 131. The van der Waals surface area contributed by atoms with Crippen molar-refractivity contribution in [2.45, 2.75) is 83.5 Å². The zero-order valence-corrected chi connectivity index (χ0v) is 38.8. The molecule has 5 aromatic rings. The normalized spacial score (nSPS) is 12.6. The third-order valence-electron chi connectivity index (χ3n) is 7.74. The van der Waals surface area contributed by atoms with Crippen LogP contribution >= 0.6 is 45.2 Å². The Kier molecular flexibility index (Phi) is 18.4. The number of halogens is 8. The molecule has 17 heteroatoms. The lowest BCUT2D eigenvalue weighted by molar-refractivity contribution is -0.247. The van der Waals surface area contributed by atoms with Crippen LogP contribution in [0.25, 0.3) is 0 Å². The summed E-state index contributed by atoms with van der Waals surface area (Å²) in [7, 11) is -14.1. The van der Waals surface area contributed by atoms with Gasteiger partial charge in [-0.3, -0.25) is 9.11 Å². The summed E-state index contributed by atoms with van der Waals surface area (Å²) in [5.74, 6) is -7.08. The second kappa shape index (κ2) is 20.7. The van der Waals surface area contributed by atoms with Crippen LogP contribution in [0, 0.1) is 7.14 Å². The number of hydrogen-bond acceptors (Lipinski definition) is 4. The first-order chi connectivity index (χ1) is 26.4. The van der Waals surface area contributed by atoms with Gasteiger partial charge in [-0.2, -0.15) is 43.2 Å². The summed E-state index contributed by atoms with van der Waals surface area (Å²) in [5, 5.41) is -13.6. The van der Waals surface area contributed by atoms with Crippen molar-refractivity contribution in [3.8, 4) is 0 Å². The van der Waals surface area contributed by atoms with Gasteiger partial charge in [0.25, 0.3) is 0 Å². The predicted molar refractivity (Wildman–Crippen MR) is 235 cm³/mol. The van der Waals surface area contributed by atoms with Gasteiger partial charge in [0.1, 0.15) is 0 Å². The highest BCUT2D eigenvalue weighted by molar-refractivity contribution is 14.1. The first-order valence-electron chi connectivity index (χ1n) is 16.9. The number of hydrogen-bond donors (Lipinski definition) is 2. The monoisotopic (exact) mass is 1100 g/mol. The van der Waals surface area contributed by atoms with Gasteiger partial charge < -0.3 is 0 Å². The molecule has 5 aromatic carbocycles. The van der Waals surface area contributed by atoms with Crippen LogP contribution in [-0.2, 0) is 42.0 Å². The van der Waals surface area contributed by atoms with Gasteiger partial charge in [0.05, 0.1) is 10.9 Å². The molecule has 0 aliphatic rings. The van der Waals surface area contributed by atoms with Crippen molar-refractivity contribution < 1.29 is 52.3 Å². The van der Waals surface area contributed by atoms with E-state index in [0.717, 1.165) is 0 Å². The Labute approximate surface area is 367 Å². The van der Waals surface area contributed by atoms with Gasteiger partial charge in [0.2, 0.25) is 0 Å². The second-order valence-electron chi connectivity index (χ2n) is 14.3.